The van der Waals surface area contributed by atoms with Gasteiger partial charge in [0.15, 0.2) is 0 Å². The molecule has 0 spiro atoms. The molecule has 0 aliphatic carbocycles. The molecule has 3 rings (SSSR count). The van der Waals surface area contributed by atoms with Gasteiger partial charge in [0.1, 0.15) is 5.82 Å². The zero-order valence-corrected chi connectivity index (χ0v) is 11.4. The largest absolute Gasteiger partial charge is 0.416 e. The lowest BCUT2D eigenvalue weighted by Crippen LogP contribution is -2.04. The molecule has 0 radical (unpaired) electrons. The van der Waals surface area contributed by atoms with Gasteiger partial charge in [0.05, 0.1) is 5.56 Å². The monoisotopic (exact) mass is 303 g/mol. The number of nitrogens with two attached hydrogens (primary N) is 1. The molecule has 0 saturated heterocycles. The summed E-state index contributed by atoms with van der Waals surface area (Å²) in [5.74, 6) is 0.546. The lowest BCUT2D eigenvalue weighted by atomic mass is 10.1. The van der Waals surface area contributed by atoms with E-state index in [2.05, 4.69) is 10.3 Å². The number of rotatable bonds is 2. The molecular weight excluding hydrogens is 291 g/mol. The van der Waals surface area contributed by atoms with Crippen molar-refractivity contribution in [2.24, 2.45) is 0 Å². The zero-order valence-electron chi connectivity index (χ0n) is 11.4. The van der Waals surface area contributed by atoms with Crippen LogP contribution in [0.4, 0.5) is 30.4 Å². The first-order chi connectivity index (χ1) is 10.4. The molecular formula is C16H12F3N3. The average Bonchev–Trinajstić information content (AvgIpc) is 2.48. The number of aromatic nitrogens is 1. The van der Waals surface area contributed by atoms with Crippen molar-refractivity contribution in [3.05, 3.63) is 60.3 Å². The first-order valence-electron chi connectivity index (χ1n) is 6.52. The third-order valence-corrected chi connectivity index (χ3v) is 3.31. The van der Waals surface area contributed by atoms with Gasteiger partial charge in [-0.15, -0.1) is 0 Å². The maximum atomic E-state index is 12.6. The lowest BCUT2D eigenvalue weighted by Gasteiger charge is -2.11. The van der Waals surface area contributed by atoms with Crippen molar-refractivity contribution >= 4 is 28.0 Å². The summed E-state index contributed by atoms with van der Waals surface area (Å²) in [6, 6.07) is 12.0. The number of nitrogens with zero attached hydrogens (tertiary/aromatic N) is 1. The Balaban J connectivity index is 1.95. The summed E-state index contributed by atoms with van der Waals surface area (Å²) in [6.45, 7) is 0. The van der Waals surface area contributed by atoms with Crippen LogP contribution < -0.4 is 11.1 Å². The fraction of sp³-hybridized carbons (Fsp3) is 0.0625. The molecule has 0 aliphatic heterocycles. The van der Waals surface area contributed by atoms with Crippen molar-refractivity contribution in [2.45, 2.75) is 6.18 Å². The Bertz CT molecular complexity index is 811. The van der Waals surface area contributed by atoms with Crippen molar-refractivity contribution in [2.75, 3.05) is 11.1 Å². The van der Waals surface area contributed by atoms with E-state index in [0.29, 0.717) is 17.2 Å². The molecule has 6 heteroatoms. The average molecular weight is 303 g/mol. The van der Waals surface area contributed by atoms with Crippen LogP contribution in [0.2, 0.25) is 0 Å². The van der Waals surface area contributed by atoms with Crippen LogP contribution in [0.25, 0.3) is 10.8 Å². The normalized spacial score (nSPS) is 11.6. The van der Waals surface area contributed by atoms with Crippen LogP contribution in [0.3, 0.4) is 0 Å². The number of pyridine rings is 1. The summed E-state index contributed by atoms with van der Waals surface area (Å²) < 4.78 is 37.7. The SMILES string of the molecule is Nc1cccc2c(Nc3ccc(C(F)(F)F)cc3)nccc12. The summed E-state index contributed by atoms with van der Waals surface area (Å²) in [6.07, 6.45) is -2.74. The Morgan fingerprint density at radius 3 is 2.32 bits per heavy atom. The van der Waals surface area contributed by atoms with Gasteiger partial charge >= 0.3 is 6.18 Å². The highest BCUT2D eigenvalue weighted by atomic mass is 19.4. The van der Waals surface area contributed by atoms with E-state index in [0.717, 1.165) is 22.9 Å². The number of hydrogen-bond donors (Lipinski definition) is 2. The maximum absolute atomic E-state index is 12.6. The summed E-state index contributed by atoms with van der Waals surface area (Å²) in [4.78, 5) is 4.23. The van der Waals surface area contributed by atoms with E-state index in [1.54, 1.807) is 24.4 Å². The van der Waals surface area contributed by atoms with E-state index in [4.69, 9.17) is 5.73 Å². The second kappa shape index (κ2) is 5.22. The fourth-order valence-electron chi connectivity index (χ4n) is 2.21. The predicted octanol–water partition coefficient (Wildman–Crippen LogP) is 4.58. The molecule has 0 unspecified atom stereocenters. The van der Waals surface area contributed by atoms with E-state index < -0.39 is 11.7 Å². The molecule has 22 heavy (non-hydrogen) atoms. The number of benzene rings is 2. The van der Waals surface area contributed by atoms with Crippen molar-refractivity contribution in [1.82, 2.24) is 4.98 Å². The lowest BCUT2D eigenvalue weighted by molar-refractivity contribution is -0.137. The number of nitrogens with one attached hydrogen (secondary N) is 1. The van der Waals surface area contributed by atoms with Gasteiger partial charge < -0.3 is 11.1 Å². The van der Waals surface area contributed by atoms with Crippen molar-refractivity contribution in [1.29, 1.82) is 0 Å². The summed E-state index contributed by atoms with van der Waals surface area (Å²) in [5.41, 5.74) is 6.36. The van der Waals surface area contributed by atoms with Crippen LogP contribution in [0.15, 0.2) is 54.7 Å². The topological polar surface area (TPSA) is 50.9 Å². The van der Waals surface area contributed by atoms with Crippen LogP contribution in [-0.2, 0) is 6.18 Å². The van der Waals surface area contributed by atoms with Crippen LogP contribution in [0.5, 0.6) is 0 Å². The number of hydrogen-bond acceptors (Lipinski definition) is 3. The van der Waals surface area contributed by atoms with Crippen LogP contribution >= 0.6 is 0 Å². The van der Waals surface area contributed by atoms with E-state index in [1.807, 2.05) is 6.07 Å². The van der Waals surface area contributed by atoms with Crippen molar-refractivity contribution in [3.63, 3.8) is 0 Å². The van der Waals surface area contributed by atoms with Gasteiger partial charge in [-0.25, -0.2) is 4.98 Å². The first kappa shape index (κ1) is 14.2. The zero-order chi connectivity index (χ0) is 15.7. The third kappa shape index (κ3) is 2.67. The van der Waals surface area contributed by atoms with Crippen molar-refractivity contribution in [3.8, 4) is 0 Å². The Hall–Kier alpha value is -2.76. The molecule has 112 valence electrons. The minimum Gasteiger partial charge on any atom is -0.398 e. The molecule has 0 fully saturated rings. The molecule has 0 amide bonds. The Morgan fingerprint density at radius 2 is 1.64 bits per heavy atom. The van der Waals surface area contributed by atoms with Gasteiger partial charge in [0, 0.05) is 28.3 Å². The molecule has 0 bridgehead atoms. The van der Waals surface area contributed by atoms with E-state index in [-0.39, 0.29) is 0 Å². The molecule has 0 aliphatic rings. The van der Waals surface area contributed by atoms with Gasteiger partial charge in [-0.1, -0.05) is 12.1 Å². The quantitative estimate of drug-likeness (QED) is 0.681. The van der Waals surface area contributed by atoms with E-state index in [9.17, 15) is 13.2 Å². The summed E-state index contributed by atoms with van der Waals surface area (Å²) in [7, 11) is 0. The van der Waals surface area contributed by atoms with Gasteiger partial charge in [0.2, 0.25) is 0 Å². The van der Waals surface area contributed by atoms with Crippen LogP contribution in [-0.4, -0.2) is 4.98 Å². The van der Waals surface area contributed by atoms with Gasteiger partial charge in [-0.05, 0) is 36.4 Å². The first-order valence-corrected chi connectivity index (χ1v) is 6.52. The number of anilines is 3. The molecule has 3 aromatic rings. The minimum absolute atomic E-state index is 0.524. The highest BCUT2D eigenvalue weighted by Crippen LogP contribution is 2.31. The highest BCUT2D eigenvalue weighted by molar-refractivity contribution is 5.99. The Kier molecular flexibility index (Phi) is 3.36. The van der Waals surface area contributed by atoms with Gasteiger partial charge in [-0.2, -0.15) is 13.2 Å². The molecule has 3 N–H and O–H groups in total. The molecule has 1 heterocycles. The number of alkyl halides is 3. The predicted molar refractivity (Wildman–Crippen MR) is 80.9 cm³/mol. The van der Waals surface area contributed by atoms with E-state index >= 15 is 0 Å². The number of fused-ring (bicyclic) bond motifs is 1. The molecule has 2 aromatic carbocycles. The Morgan fingerprint density at radius 1 is 0.909 bits per heavy atom. The second-order valence-electron chi connectivity index (χ2n) is 4.80. The molecule has 1 aromatic heterocycles. The summed E-state index contributed by atoms with van der Waals surface area (Å²) >= 11 is 0. The fourth-order valence-corrected chi connectivity index (χ4v) is 2.21. The molecule has 0 saturated carbocycles. The molecule has 0 atom stereocenters. The summed E-state index contributed by atoms with van der Waals surface area (Å²) in [5, 5.41) is 4.67. The standard InChI is InChI=1S/C16H12F3N3/c17-16(18,19)10-4-6-11(7-5-10)22-15-13-2-1-3-14(20)12(13)8-9-21-15/h1-9H,20H2,(H,21,22). The Labute approximate surface area is 124 Å². The molecule has 3 nitrogen and oxygen atoms in total. The van der Waals surface area contributed by atoms with Crippen molar-refractivity contribution < 1.29 is 13.2 Å². The minimum atomic E-state index is -4.34. The second-order valence-corrected chi connectivity index (χ2v) is 4.80. The van der Waals surface area contributed by atoms with Gasteiger partial charge in [-0.3, -0.25) is 0 Å². The maximum Gasteiger partial charge on any atom is 0.416 e. The van der Waals surface area contributed by atoms with Crippen LogP contribution in [0, 0.1) is 0 Å². The van der Waals surface area contributed by atoms with E-state index in [1.165, 1.54) is 12.1 Å². The van der Waals surface area contributed by atoms with Crippen LogP contribution in [0.1, 0.15) is 5.56 Å². The smallest absolute Gasteiger partial charge is 0.398 e. The van der Waals surface area contributed by atoms with Gasteiger partial charge in [0.25, 0.3) is 0 Å². The third-order valence-electron chi connectivity index (χ3n) is 3.31. The number of nitrogen functional groups attached to an aromatic ring is 1. The highest BCUT2D eigenvalue weighted by Gasteiger charge is 2.29. The number of halogens is 3.